The molecule has 2 aromatic rings. The molecule has 21 heavy (non-hydrogen) atoms. The third kappa shape index (κ3) is 3.37. The maximum atomic E-state index is 14.7. The minimum atomic E-state index is -2.47. The molecule has 112 valence electrons. The number of hydrogen-bond acceptors (Lipinski definition) is 1. The molecule has 1 aromatic carbocycles. The van der Waals surface area contributed by atoms with Gasteiger partial charge in [-0.3, -0.25) is 0 Å². The second kappa shape index (κ2) is 5.92. The molecule has 0 saturated carbocycles. The summed E-state index contributed by atoms with van der Waals surface area (Å²) in [7, 11) is 0. The van der Waals surface area contributed by atoms with Crippen LogP contribution in [-0.2, 0) is 0 Å². The Labute approximate surface area is 134 Å². The van der Waals surface area contributed by atoms with Gasteiger partial charge in [-0.2, -0.15) is 0 Å². The summed E-state index contributed by atoms with van der Waals surface area (Å²) in [5.74, 6) is 6.51. The van der Waals surface area contributed by atoms with Crippen LogP contribution in [0.25, 0.3) is 11.3 Å². The van der Waals surface area contributed by atoms with Crippen molar-refractivity contribution >= 4 is 17.7 Å². The monoisotopic (exact) mass is 350 g/mol. The van der Waals surface area contributed by atoms with Gasteiger partial charge in [0.15, 0.2) is 0 Å². The van der Waals surface area contributed by atoms with Gasteiger partial charge in [-0.05, 0) is 0 Å². The first-order valence-corrected chi connectivity index (χ1v) is 14.6. The van der Waals surface area contributed by atoms with E-state index in [-0.39, 0.29) is 11.1 Å². The van der Waals surface area contributed by atoms with Crippen molar-refractivity contribution in [2.75, 3.05) is 0 Å². The Morgan fingerprint density at radius 3 is 2.52 bits per heavy atom. The van der Waals surface area contributed by atoms with Gasteiger partial charge in [0.1, 0.15) is 0 Å². The molecule has 2 rings (SSSR count). The Bertz CT molecular complexity index is 749. The molecule has 0 radical (unpaired) electrons. The zero-order valence-corrected chi connectivity index (χ0v) is 15.4. The van der Waals surface area contributed by atoms with Crippen molar-refractivity contribution in [2.45, 2.75) is 43.9 Å². The summed E-state index contributed by atoms with van der Waals surface area (Å²) in [6.07, 6.45) is 1.87. The van der Waals surface area contributed by atoms with Gasteiger partial charge in [0.25, 0.3) is 0 Å². The number of pyridine rings is 1. The third-order valence-corrected chi connectivity index (χ3v) is 7.91. The van der Waals surface area contributed by atoms with Gasteiger partial charge in [0, 0.05) is 0 Å². The summed E-state index contributed by atoms with van der Waals surface area (Å²) in [4.78, 5) is 4.47. The Hall–Kier alpha value is -1.16. The van der Waals surface area contributed by atoms with Crippen molar-refractivity contribution in [3.05, 3.63) is 47.4 Å². The first-order valence-electron chi connectivity index (χ1n) is 8.72. The van der Waals surface area contributed by atoms with Gasteiger partial charge in [-0.25, -0.2) is 0 Å². The van der Waals surface area contributed by atoms with Gasteiger partial charge < -0.3 is 0 Å². The van der Waals surface area contributed by atoms with Crippen molar-refractivity contribution in [1.29, 1.82) is 0 Å². The van der Waals surface area contributed by atoms with Crippen LogP contribution in [0.1, 0.15) is 35.0 Å². The van der Waals surface area contributed by atoms with E-state index >= 15 is 0 Å². The maximum absolute atomic E-state index is 14.7. The van der Waals surface area contributed by atoms with Crippen LogP contribution in [0.15, 0.2) is 30.5 Å². The number of aryl methyl sites for hydroxylation is 1. The van der Waals surface area contributed by atoms with Crippen molar-refractivity contribution < 1.29 is 8.50 Å². The Morgan fingerprint density at radius 1 is 1.24 bits per heavy atom. The predicted octanol–water partition coefficient (Wildman–Crippen LogP) is 4.86. The fourth-order valence-corrected chi connectivity index (χ4v) is 5.97. The van der Waals surface area contributed by atoms with E-state index in [1.54, 1.807) is 12.1 Å². The third-order valence-electron chi connectivity index (χ3n) is 3.64. The molecular formula is C18H24FGeN. The molecule has 0 spiro atoms. The summed E-state index contributed by atoms with van der Waals surface area (Å²) in [5.41, 5.74) is 1.67. The zero-order valence-electron chi connectivity index (χ0n) is 16.3. The van der Waals surface area contributed by atoms with Gasteiger partial charge in [-0.1, -0.05) is 0 Å². The van der Waals surface area contributed by atoms with Crippen LogP contribution < -0.4 is 4.40 Å². The molecule has 1 aromatic heterocycles. The summed E-state index contributed by atoms with van der Waals surface area (Å²) >= 11 is -2.09. The van der Waals surface area contributed by atoms with E-state index in [1.807, 2.05) is 12.3 Å². The van der Waals surface area contributed by atoms with E-state index in [9.17, 15) is 4.39 Å². The molecule has 0 N–H and O–H groups in total. The van der Waals surface area contributed by atoms with Crippen molar-refractivity contribution in [3.8, 4) is 11.3 Å². The average Bonchev–Trinajstić information content (AvgIpc) is 2.44. The van der Waals surface area contributed by atoms with Crippen LogP contribution >= 0.6 is 0 Å². The van der Waals surface area contributed by atoms with Crippen molar-refractivity contribution in [2.24, 2.45) is 0 Å². The number of rotatable bonds is 3. The number of benzene rings is 1. The topological polar surface area (TPSA) is 12.9 Å². The standard InChI is InChI=1S/C18H24FGeN/c1-12(2)15-10-17(21-11-16(15)20(4,5)6)14-9-7-8-13(3)18(14)19/h7-12H,1-6H3/i3D3. The number of aromatic nitrogens is 1. The summed E-state index contributed by atoms with van der Waals surface area (Å²) in [6.45, 7) is 1.76. The van der Waals surface area contributed by atoms with Gasteiger partial charge >= 0.3 is 134 Å². The van der Waals surface area contributed by atoms with Gasteiger partial charge in [-0.15, -0.1) is 0 Å². The molecule has 0 aliphatic carbocycles. The van der Waals surface area contributed by atoms with Gasteiger partial charge in [0.05, 0.1) is 0 Å². The quantitative estimate of drug-likeness (QED) is 0.721. The minimum absolute atomic E-state index is 0.249. The molecule has 0 atom stereocenters. The first-order chi connectivity index (χ1) is 10.9. The van der Waals surface area contributed by atoms with Crippen LogP contribution in [0, 0.1) is 12.7 Å². The molecule has 0 bridgehead atoms. The van der Waals surface area contributed by atoms with E-state index in [4.69, 9.17) is 4.11 Å². The molecular weight excluding hydrogens is 322 g/mol. The molecule has 0 aliphatic heterocycles. The van der Waals surface area contributed by atoms with Crippen molar-refractivity contribution in [3.63, 3.8) is 0 Å². The second-order valence-corrected chi connectivity index (χ2v) is 17.3. The first kappa shape index (κ1) is 12.4. The molecule has 0 saturated heterocycles. The van der Waals surface area contributed by atoms with E-state index in [2.05, 4.69) is 36.1 Å². The van der Waals surface area contributed by atoms with Crippen LogP contribution in [-0.4, -0.2) is 18.3 Å². The molecule has 1 heterocycles. The number of hydrogen-bond donors (Lipinski definition) is 0. The molecule has 0 amide bonds. The van der Waals surface area contributed by atoms with Crippen LogP contribution in [0.4, 0.5) is 4.39 Å². The second-order valence-electron chi connectivity index (χ2n) is 6.73. The Balaban J connectivity index is 2.65. The molecule has 1 nitrogen and oxygen atoms in total. The molecule has 0 unspecified atom stereocenters. The van der Waals surface area contributed by atoms with E-state index in [1.165, 1.54) is 16.0 Å². The van der Waals surface area contributed by atoms with Crippen LogP contribution in [0.3, 0.4) is 0 Å². The van der Waals surface area contributed by atoms with E-state index in [0.29, 0.717) is 11.6 Å². The normalized spacial score (nSPS) is 14.7. The Morgan fingerprint density at radius 2 is 1.95 bits per heavy atom. The summed E-state index contributed by atoms with van der Waals surface area (Å²) in [6, 6.07) is 6.41. The summed E-state index contributed by atoms with van der Waals surface area (Å²) in [5, 5.41) is 0. The molecule has 0 aliphatic rings. The predicted molar refractivity (Wildman–Crippen MR) is 91.4 cm³/mol. The van der Waals surface area contributed by atoms with Crippen molar-refractivity contribution in [1.82, 2.24) is 4.98 Å². The molecule has 0 fully saturated rings. The zero-order chi connectivity index (χ0) is 18.3. The number of nitrogens with zero attached hydrogens (tertiary/aromatic N) is 1. The molecule has 3 heteroatoms. The fraction of sp³-hybridized carbons (Fsp3) is 0.389. The SMILES string of the molecule is [2H]C([2H])([2H])c1cccc(-c2cc(C(C)C)[c]([Ge]([CH3])([CH3])[CH3])cn2)c1F. The van der Waals surface area contributed by atoms with E-state index in [0.717, 1.165) is 0 Å². The van der Waals surface area contributed by atoms with E-state index < -0.39 is 25.9 Å². The van der Waals surface area contributed by atoms with Crippen LogP contribution in [0.2, 0.25) is 17.3 Å². The van der Waals surface area contributed by atoms with Gasteiger partial charge in [0.2, 0.25) is 0 Å². The Kier molecular flexibility index (Phi) is 3.49. The van der Waals surface area contributed by atoms with Crippen LogP contribution in [0.5, 0.6) is 0 Å². The fourth-order valence-electron chi connectivity index (χ4n) is 2.45. The average molecular weight is 349 g/mol. The summed E-state index contributed by atoms with van der Waals surface area (Å²) < 4.78 is 38.5. The number of halogens is 1.